The van der Waals surface area contributed by atoms with Crippen LogP contribution in [0.4, 0.5) is 18.9 Å². The second kappa shape index (κ2) is 10.2. The fourth-order valence-electron chi connectivity index (χ4n) is 5.36. The van der Waals surface area contributed by atoms with Crippen LogP contribution in [0, 0.1) is 13.8 Å². The van der Waals surface area contributed by atoms with Gasteiger partial charge in [0.25, 0.3) is 5.91 Å². The van der Waals surface area contributed by atoms with Crippen molar-refractivity contribution in [3.63, 3.8) is 0 Å². The Kier molecular flexibility index (Phi) is 6.31. The number of nitrogens with one attached hydrogen (secondary N) is 2. The molecule has 11 heteroatoms. The minimum absolute atomic E-state index is 0.122. The largest absolute Gasteiger partial charge is 0.416 e. The lowest BCUT2D eigenvalue weighted by molar-refractivity contribution is -0.137. The highest BCUT2D eigenvalue weighted by molar-refractivity contribution is 6.05. The van der Waals surface area contributed by atoms with Gasteiger partial charge in [0.05, 0.1) is 28.5 Å². The molecule has 218 valence electrons. The van der Waals surface area contributed by atoms with E-state index < -0.39 is 17.6 Å². The van der Waals surface area contributed by atoms with Crippen LogP contribution in [0.25, 0.3) is 44.6 Å². The second-order valence-corrected chi connectivity index (χ2v) is 10.6. The number of anilines is 1. The van der Waals surface area contributed by atoms with Crippen LogP contribution < -0.4 is 5.32 Å². The quantitative estimate of drug-likeness (QED) is 0.215. The molecule has 0 saturated heterocycles. The molecule has 0 atom stereocenters. The molecule has 8 nitrogen and oxygen atoms in total. The van der Waals surface area contributed by atoms with E-state index in [2.05, 4.69) is 31.3 Å². The number of aryl methyl sites for hydroxylation is 2. The number of hydrogen-bond donors (Lipinski definition) is 2. The maximum absolute atomic E-state index is 13.8. The number of alkyl halides is 3. The summed E-state index contributed by atoms with van der Waals surface area (Å²) in [6.07, 6.45) is 3.68. The van der Waals surface area contributed by atoms with Gasteiger partial charge in [-0.1, -0.05) is 18.2 Å². The Morgan fingerprint density at radius 2 is 1.80 bits per heavy atom. The predicted molar refractivity (Wildman–Crippen MR) is 162 cm³/mol. The van der Waals surface area contributed by atoms with Crippen molar-refractivity contribution in [3.05, 3.63) is 120 Å². The van der Waals surface area contributed by atoms with Crippen molar-refractivity contribution in [2.75, 3.05) is 5.32 Å². The molecule has 7 aromatic rings. The van der Waals surface area contributed by atoms with Gasteiger partial charge in [0.1, 0.15) is 17.8 Å². The number of aromatic amines is 1. The number of aromatic nitrogens is 6. The van der Waals surface area contributed by atoms with Crippen LogP contribution >= 0.6 is 0 Å². The van der Waals surface area contributed by atoms with Gasteiger partial charge in [-0.15, -0.1) is 0 Å². The van der Waals surface area contributed by atoms with Crippen molar-refractivity contribution in [3.8, 4) is 22.6 Å². The lowest BCUT2D eigenvalue weighted by atomic mass is 9.98. The van der Waals surface area contributed by atoms with E-state index in [1.54, 1.807) is 19.2 Å². The number of H-pyrrole nitrogens is 1. The maximum atomic E-state index is 13.8. The van der Waals surface area contributed by atoms with Crippen LogP contribution in [0.3, 0.4) is 0 Å². The molecule has 3 aromatic carbocycles. The fraction of sp³-hybridized carbons (Fsp3) is 0.0909. The zero-order valence-corrected chi connectivity index (χ0v) is 23.5. The highest BCUT2D eigenvalue weighted by atomic mass is 19.4. The molecule has 4 aromatic heterocycles. The monoisotopic (exact) mass is 591 g/mol. The van der Waals surface area contributed by atoms with Crippen molar-refractivity contribution in [2.45, 2.75) is 20.0 Å². The number of amides is 1. The third-order valence-electron chi connectivity index (χ3n) is 7.58. The number of fused-ring (bicyclic) bond motifs is 2. The Balaban J connectivity index is 1.24. The van der Waals surface area contributed by atoms with Crippen molar-refractivity contribution >= 4 is 33.5 Å². The molecule has 0 fully saturated rings. The SMILES string of the molecule is Cc1cn(-c2cc(C(=O)Nc3ccc(C)c(-c4ccc5ccn(-c6ncnc7[nH]ccc67)c5c4)c3)cc(C(F)(F)F)c2)cn1. The van der Waals surface area contributed by atoms with E-state index in [-0.39, 0.29) is 11.3 Å². The first-order chi connectivity index (χ1) is 21.1. The van der Waals surface area contributed by atoms with E-state index in [0.29, 0.717) is 11.4 Å². The molecule has 4 heterocycles. The molecule has 0 aliphatic heterocycles. The van der Waals surface area contributed by atoms with Gasteiger partial charge < -0.3 is 19.4 Å². The molecule has 0 spiro atoms. The van der Waals surface area contributed by atoms with Crippen molar-refractivity contribution in [1.29, 1.82) is 0 Å². The zero-order valence-electron chi connectivity index (χ0n) is 23.5. The molecular formula is C33H24F3N7O. The number of carbonyl (C=O) groups is 1. The van der Waals surface area contributed by atoms with Gasteiger partial charge in [-0.25, -0.2) is 15.0 Å². The number of hydrogen-bond acceptors (Lipinski definition) is 4. The van der Waals surface area contributed by atoms with Gasteiger partial charge in [0.15, 0.2) is 0 Å². The van der Waals surface area contributed by atoms with Crippen molar-refractivity contribution in [1.82, 2.24) is 29.1 Å². The minimum Gasteiger partial charge on any atom is -0.346 e. The lowest BCUT2D eigenvalue weighted by Gasteiger charge is -2.14. The zero-order chi connectivity index (χ0) is 30.6. The standard InChI is InChI=1S/C33H24F3N7O/c1-19-3-6-25(41-32(44)23-11-24(33(34,35)36)14-26(12-23)42-16-20(2)40-18-42)15-28(19)22-5-4-21-8-10-43(29(21)13-22)31-27-7-9-37-30(27)38-17-39-31/h3-18H,1-2H3,(H,41,44)(H,37,38,39). The molecule has 2 N–H and O–H groups in total. The fourth-order valence-corrected chi connectivity index (χ4v) is 5.36. The van der Waals surface area contributed by atoms with Crippen LogP contribution in [-0.2, 0) is 6.18 Å². The van der Waals surface area contributed by atoms with E-state index >= 15 is 0 Å². The normalized spacial score (nSPS) is 11.8. The summed E-state index contributed by atoms with van der Waals surface area (Å²) in [7, 11) is 0. The van der Waals surface area contributed by atoms with Crippen LogP contribution in [0.1, 0.15) is 27.2 Å². The molecule has 0 aliphatic carbocycles. The molecule has 0 saturated carbocycles. The van der Waals surface area contributed by atoms with Gasteiger partial charge in [-0.3, -0.25) is 4.79 Å². The minimum atomic E-state index is -4.63. The molecular weight excluding hydrogens is 567 g/mol. The van der Waals surface area contributed by atoms with Crippen LogP contribution in [-0.4, -0.2) is 35.0 Å². The topological polar surface area (TPSA) is 93.4 Å². The molecule has 1 amide bonds. The number of rotatable bonds is 5. The van der Waals surface area contributed by atoms with Gasteiger partial charge in [0.2, 0.25) is 0 Å². The smallest absolute Gasteiger partial charge is 0.346 e. The number of halogens is 3. The highest BCUT2D eigenvalue weighted by Gasteiger charge is 2.32. The first-order valence-electron chi connectivity index (χ1n) is 13.7. The Bertz CT molecular complexity index is 2210. The molecule has 44 heavy (non-hydrogen) atoms. The summed E-state index contributed by atoms with van der Waals surface area (Å²) >= 11 is 0. The molecule has 0 unspecified atom stereocenters. The molecule has 0 bridgehead atoms. The Morgan fingerprint density at radius 1 is 0.932 bits per heavy atom. The summed E-state index contributed by atoms with van der Waals surface area (Å²) in [6, 6.07) is 18.7. The number of imidazole rings is 1. The van der Waals surface area contributed by atoms with Crippen molar-refractivity contribution < 1.29 is 18.0 Å². The third-order valence-corrected chi connectivity index (χ3v) is 7.58. The van der Waals surface area contributed by atoms with Gasteiger partial charge in [-0.2, -0.15) is 13.2 Å². The van der Waals surface area contributed by atoms with E-state index in [1.165, 1.54) is 23.3 Å². The predicted octanol–water partition coefficient (Wildman–Crippen LogP) is 7.64. The Hall–Kier alpha value is -5.71. The first kappa shape index (κ1) is 27.1. The number of nitrogens with zero attached hydrogens (tertiary/aromatic N) is 5. The molecule has 7 rings (SSSR count). The number of benzene rings is 3. The van der Waals surface area contributed by atoms with Crippen molar-refractivity contribution in [2.24, 2.45) is 0 Å². The van der Waals surface area contributed by atoms with E-state index in [0.717, 1.165) is 56.6 Å². The van der Waals surface area contributed by atoms with Gasteiger partial charge in [-0.05, 0) is 79.1 Å². The Labute approximate surface area is 248 Å². The molecule has 0 radical (unpaired) electrons. The summed E-state index contributed by atoms with van der Waals surface area (Å²) in [6.45, 7) is 3.70. The summed E-state index contributed by atoms with van der Waals surface area (Å²) < 4.78 is 44.7. The van der Waals surface area contributed by atoms with Crippen LogP contribution in [0.5, 0.6) is 0 Å². The van der Waals surface area contributed by atoms with Crippen LogP contribution in [0.2, 0.25) is 0 Å². The number of carbonyl (C=O) groups excluding carboxylic acids is 1. The van der Waals surface area contributed by atoms with Crippen LogP contribution in [0.15, 0.2) is 98.0 Å². The van der Waals surface area contributed by atoms with E-state index in [9.17, 15) is 18.0 Å². The summed E-state index contributed by atoms with van der Waals surface area (Å²) in [5.74, 6) is 0.0834. The summed E-state index contributed by atoms with van der Waals surface area (Å²) in [5, 5.41) is 4.69. The summed E-state index contributed by atoms with van der Waals surface area (Å²) in [4.78, 5) is 29.3. The average molecular weight is 592 g/mol. The highest BCUT2D eigenvalue weighted by Crippen LogP contribution is 2.34. The van der Waals surface area contributed by atoms with Gasteiger partial charge >= 0.3 is 6.18 Å². The second-order valence-electron chi connectivity index (χ2n) is 10.6. The average Bonchev–Trinajstić information content (AvgIpc) is 3.77. The van der Waals surface area contributed by atoms with Gasteiger partial charge in [0, 0.05) is 40.9 Å². The summed E-state index contributed by atoms with van der Waals surface area (Å²) in [5.41, 5.74) is 4.64. The first-order valence-corrected chi connectivity index (χ1v) is 13.7. The third kappa shape index (κ3) is 4.87. The Morgan fingerprint density at radius 3 is 2.59 bits per heavy atom. The lowest BCUT2D eigenvalue weighted by Crippen LogP contribution is -2.15. The van der Waals surface area contributed by atoms with E-state index in [1.807, 2.05) is 60.3 Å². The van der Waals surface area contributed by atoms with E-state index in [4.69, 9.17) is 0 Å². The molecule has 0 aliphatic rings. The maximum Gasteiger partial charge on any atom is 0.416 e.